The summed E-state index contributed by atoms with van der Waals surface area (Å²) in [6.45, 7) is 7.47. The summed E-state index contributed by atoms with van der Waals surface area (Å²) in [6, 6.07) is 3.63. The molecule has 2 fully saturated rings. The van der Waals surface area contributed by atoms with Crippen LogP contribution in [-0.4, -0.2) is 58.7 Å². The second kappa shape index (κ2) is 6.38. The average Bonchev–Trinajstić information content (AvgIpc) is 2.95. The molecule has 116 valence electrons. The molecule has 2 saturated heterocycles. The zero-order valence-electron chi connectivity index (χ0n) is 12.6. The molecular formula is C16H24FN3O. The molecule has 0 aliphatic carbocycles. The lowest BCUT2D eigenvalue weighted by molar-refractivity contribution is 0.0508. The van der Waals surface area contributed by atoms with Crippen molar-refractivity contribution in [2.24, 2.45) is 5.92 Å². The number of nitrogens with zero attached hydrogens (tertiary/aromatic N) is 3. The summed E-state index contributed by atoms with van der Waals surface area (Å²) >= 11 is 0. The van der Waals surface area contributed by atoms with Gasteiger partial charge in [-0.15, -0.1) is 0 Å². The molecular weight excluding hydrogens is 269 g/mol. The lowest BCUT2D eigenvalue weighted by Gasteiger charge is -2.39. The lowest BCUT2D eigenvalue weighted by atomic mass is 9.99. The number of hydrogen-bond acceptors (Lipinski definition) is 4. The van der Waals surface area contributed by atoms with Crippen LogP contribution in [0.25, 0.3) is 0 Å². The number of aliphatic hydroxyl groups is 1. The maximum atomic E-state index is 12.9. The normalized spacial score (nSPS) is 26.5. The Balaban J connectivity index is 1.55. The van der Waals surface area contributed by atoms with E-state index in [-0.39, 0.29) is 11.7 Å². The van der Waals surface area contributed by atoms with E-state index >= 15 is 0 Å². The van der Waals surface area contributed by atoms with Gasteiger partial charge >= 0.3 is 0 Å². The molecule has 0 spiro atoms. The Morgan fingerprint density at radius 1 is 1.38 bits per heavy atom. The van der Waals surface area contributed by atoms with E-state index in [2.05, 4.69) is 14.8 Å². The fourth-order valence-corrected chi connectivity index (χ4v) is 3.58. The third-order valence-corrected chi connectivity index (χ3v) is 4.81. The summed E-state index contributed by atoms with van der Waals surface area (Å²) in [7, 11) is 0. The Morgan fingerprint density at radius 3 is 3.00 bits per heavy atom. The van der Waals surface area contributed by atoms with Crippen LogP contribution < -0.4 is 0 Å². The van der Waals surface area contributed by atoms with E-state index in [1.807, 2.05) is 6.92 Å². The molecule has 0 bridgehead atoms. The van der Waals surface area contributed by atoms with Crippen LogP contribution in [0.1, 0.15) is 31.6 Å². The summed E-state index contributed by atoms with van der Waals surface area (Å²) < 4.78 is 12.9. The maximum absolute atomic E-state index is 12.9. The van der Waals surface area contributed by atoms with Crippen molar-refractivity contribution in [3.8, 4) is 0 Å². The van der Waals surface area contributed by atoms with Crippen molar-refractivity contribution < 1.29 is 9.50 Å². The van der Waals surface area contributed by atoms with Crippen LogP contribution in [0.15, 0.2) is 18.3 Å². The molecule has 3 unspecified atom stereocenters. The molecule has 2 aliphatic heterocycles. The van der Waals surface area contributed by atoms with Crippen LogP contribution in [0.4, 0.5) is 4.39 Å². The predicted octanol–water partition coefficient (Wildman–Crippen LogP) is 1.67. The topological polar surface area (TPSA) is 39.6 Å². The number of rotatable bonds is 4. The molecule has 1 N–H and O–H groups in total. The Hall–Kier alpha value is -1.04. The Morgan fingerprint density at radius 2 is 2.24 bits per heavy atom. The number of piperazine rings is 1. The molecule has 0 amide bonds. The van der Waals surface area contributed by atoms with Crippen molar-refractivity contribution in [2.75, 3.05) is 32.7 Å². The van der Waals surface area contributed by atoms with Gasteiger partial charge in [-0.25, -0.2) is 4.39 Å². The van der Waals surface area contributed by atoms with Crippen LogP contribution in [0.5, 0.6) is 0 Å². The highest BCUT2D eigenvalue weighted by atomic mass is 19.1. The van der Waals surface area contributed by atoms with Crippen molar-refractivity contribution in [1.82, 2.24) is 14.8 Å². The minimum absolute atomic E-state index is 0.0934. The smallest absolute Gasteiger partial charge is 0.141 e. The summed E-state index contributed by atoms with van der Waals surface area (Å²) in [5.41, 5.74) is 0.559. The summed E-state index contributed by atoms with van der Waals surface area (Å²) in [5, 5.41) is 10.4. The van der Waals surface area contributed by atoms with Gasteiger partial charge in [-0.2, -0.15) is 0 Å². The molecule has 3 rings (SSSR count). The molecule has 1 aromatic rings. The highest BCUT2D eigenvalue weighted by Gasteiger charge is 2.31. The van der Waals surface area contributed by atoms with Crippen LogP contribution in [0.2, 0.25) is 0 Å². The predicted molar refractivity (Wildman–Crippen MR) is 79.4 cm³/mol. The first kappa shape index (κ1) is 14.9. The van der Waals surface area contributed by atoms with Gasteiger partial charge in [-0.05, 0) is 31.5 Å². The summed E-state index contributed by atoms with van der Waals surface area (Å²) in [5.74, 6) is -0.271. The number of fused-ring (bicyclic) bond motifs is 1. The van der Waals surface area contributed by atoms with Gasteiger partial charge in [0, 0.05) is 38.1 Å². The molecule has 21 heavy (non-hydrogen) atoms. The lowest BCUT2D eigenvalue weighted by Crippen LogP contribution is -2.51. The SMILES string of the molecule is CC(CN1CCN2CCCC2C1)C(O)c1ccc(F)cn1. The second-order valence-electron chi connectivity index (χ2n) is 6.41. The number of pyridine rings is 1. The standard InChI is InChI=1S/C16H24FN3O/c1-12(16(21)15-5-4-13(17)9-18-15)10-19-7-8-20-6-2-3-14(20)11-19/h4-5,9,12,14,16,21H,2-3,6-8,10-11H2,1H3. The molecule has 0 saturated carbocycles. The molecule has 1 aromatic heterocycles. The Labute approximate surface area is 125 Å². The molecule has 0 radical (unpaired) electrons. The first-order valence-electron chi connectivity index (χ1n) is 7.89. The van der Waals surface area contributed by atoms with Crippen LogP contribution in [0.3, 0.4) is 0 Å². The zero-order chi connectivity index (χ0) is 14.8. The van der Waals surface area contributed by atoms with Gasteiger partial charge in [0.2, 0.25) is 0 Å². The minimum Gasteiger partial charge on any atom is -0.386 e. The van der Waals surface area contributed by atoms with Gasteiger partial charge in [0.05, 0.1) is 18.0 Å². The van der Waals surface area contributed by atoms with Crippen LogP contribution in [0, 0.1) is 11.7 Å². The van der Waals surface area contributed by atoms with Gasteiger partial charge < -0.3 is 10.0 Å². The molecule has 2 aliphatic rings. The third-order valence-electron chi connectivity index (χ3n) is 4.81. The fourth-order valence-electron chi connectivity index (χ4n) is 3.58. The van der Waals surface area contributed by atoms with E-state index in [9.17, 15) is 9.50 Å². The number of hydrogen-bond donors (Lipinski definition) is 1. The number of aliphatic hydroxyl groups excluding tert-OH is 1. The van der Waals surface area contributed by atoms with Crippen molar-refractivity contribution in [1.29, 1.82) is 0 Å². The highest BCUT2D eigenvalue weighted by molar-refractivity contribution is 5.09. The van der Waals surface area contributed by atoms with Crippen molar-refractivity contribution in [3.63, 3.8) is 0 Å². The quantitative estimate of drug-likeness (QED) is 0.917. The van der Waals surface area contributed by atoms with E-state index in [1.54, 1.807) is 6.07 Å². The highest BCUT2D eigenvalue weighted by Crippen LogP contribution is 2.25. The van der Waals surface area contributed by atoms with Gasteiger partial charge in [0.25, 0.3) is 0 Å². The third kappa shape index (κ3) is 3.42. The molecule has 3 heterocycles. The molecule has 3 atom stereocenters. The maximum Gasteiger partial charge on any atom is 0.141 e. The fraction of sp³-hybridized carbons (Fsp3) is 0.688. The van der Waals surface area contributed by atoms with E-state index in [0.29, 0.717) is 11.7 Å². The average molecular weight is 293 g/mol. The Bertz CT molecular complexity index is 467. The first-order valence-corrected chi connectivity index (χ1v) is 7.89. The van der Waals surface area contributed by atoms with Crippen molar-refractivity contribution >= 4 is 0 Å². The summed E-state index contributed by atoms with van der Waals surface area (Å²) in [4.78, 5) is 9.02. The first-order chi connectivity index (χ1) is 10.1. The van der Waals surface area contributed by atoms with Crippen LogP contribution >= 0.6 is 0 Å². The minimum atomic E-state index is -0.632. The van der Waals surface area contributed by atoms with Gasteiger partial charge in [0.15, 0.2) is 0 Å². The zero-order valence-corrected chi connectivity index (χ0v) is 12.6. The molecule has 5 heteroatoms. The van der Waals surface area contributed by atoms with Gasteiger partial charge in [-0.3, -0.25) is 9.88 Å². The van der Waals surface area contributed by atoms with E-state index in [1.165, 1.54) is 31.6 Å². The van der Waals surface area contributed by atoms with E-state index in [4.69, 9.17) is 0 Å². The van der Waals surface area contributed by atoms with E-state index in [0.717, 1.165) is 26.2 Å². The van der Waals surface area contributed by atoms with Crippen molar-refractivity contribution in [3.05, 3.63) is 29.8 Å². The van der Waals surface area contributed by atoms with Gasteiger partial charge in [0.1, 0.15) is 5.82 Å². The Kier molecular flexibility index (Phi) is 4.52. The number of halogens is 1. The van der Waals surface area contributed by atoms with Crippen LogP contribution in [-0.2, 0) is 0 Å². The monoisotopic (exact) mass is 293 g/mol. The van der Waals surface area contributed by atoms with E-state index < -0.39 is 6.10 Å². The second-order valence-corrected chi connectivity index (χ2v) is 6.41. The molecule has 4 nitrogen and oxygen atoms in total. The molecule has 0 aromatic carbocycles. The number of aromatic nitrogens is 1. The largest absolute Gasteiger partial charge is 0.386 e. The summed E-state index contributed by atoms with van der Waals surface area (Å²) in [6.07, 6.45) is 3.15. The van der Waals surface area contributed by atoms with Crippen molar-refractivity contribution in [2.45, 2.75) is 31.9 Å². The van der Waals surface area contributed by atoms with Gasteiger partial charge in [-0.1, -0.05) is 6.92 Å².